The van der Waals surface area contributed by atoms with Gasteiger partial charge in [0, 0.05) is 5.92 Å². The summed E-state index contributed by atoms with van der Waals surface area (Å²) in [4.78, 5) is 0. The first-order valence-electron chi connectivity index (χ1n) is 16.6. The van der Waals surface area contributed by atoms with Gasteiger partial charge in [0.15, 0.2) is 0 Å². The van der Waals surface area contributed by atoms with Crippen LogP contribution >= 0.6 is 0 Å². The fraction of sp³-hybridized carbons (Fsp3) is 0.0870. The minimum absolute atomic E-state index is 0.546. The first-order valence-corrected chi connectivity index (χ1v) is 16.6. The molecule has 0 radical (unpaired) electrons. The van der Waals surface area contributed by atoms with Crippen LogP contribution < -0.4 is 0 Å². The van der Waals surface area contributed by atoms with E-state index in [9.17, 15) is 0 Å². The van der Waals surface area contributed by atoms with Gasteiger partial charge in [-0.05, 0) is 131 Å². The van der Waals surface area contributed by atoms with Crippen LogP contribution in [0.1, 0.15) is 35.4 Å². The number of hydrogen-bond donors (Lipinski definition) is 0. The summed E-state index contributed by atoms with van der Waals surface area (Å²) >= 11 is 0. The smallest absolute Gasteiger partial charge is 0.0104 e. The Labute approximate surface area is 269 Å². The van der Waals surface area contributed by atoms with Crippen molar-refractivity contribution in [2.24, 2.45) is 0 Å². The average molecular weight is 585 g/mol. The molecule has 0 aromatic heterocycles. The summed E-state index contributed by atoms with van der Waals surface area (Å²) in [6.45, 7) is 0. The summed E-state index contributed by atoms with van der Waals surface area (Å²) in [5, 5.41) is 7.75. The van der Waals surface area contributed by atoms with E-state index < -0.39 is 0 Å². The topological polar surface area (TPSA) is 0 Å². The van der Waals surface area contributed by atoms with Gasteiger partial charge in [0.2, 0.25) is 0 Å². The normalized spacial score (nSPS) is 14.9. The molecule has 1 unspecified atom stereocenters. The highest BCUT2D eigenvalue weighted by Crippen LogP contribution is 2.53. The molecule has 1 atom stereocenters. The van der Waals surface area contributed by atoms with Gasteiger partial charge >= 0.3 is 0 Å². The molecule has 0 spiro atoms. The predicted octanol–water partition coefficient (Wildman–Crippen LogP) is 12.6. The number of rotatable bonds is 3. The van der Waals surface area contributed by atoms with E-state index in [-0.39, 0.29) is 0 Å². The maximum atomic E-state index is 2.50. The van der Waals surface area contributed by atoms with Gasteiger partial charge in [0.1, 0.15) is 0 Å². The lowest BCUT2D eigenvalue weighted by Crippen LogP contribution is -2.07. The van der Waals surface area contributed by atoms with Crippen LogP contribution in [0.25, 0.3) is 76.8 Å². The van der Waals surface area contributed by atoms with Gasteiger partial charge in [-0.2, -0.15) is 0 Å². The van der Waals surface area contributed by atoms with E-state index in [2.05, 4.69) is 152 Å². The molecule has 0 aliphatic heterocycles. The van der Waals surface area contributed by atoms with Crippen molar-refractivity contribution in [1.29, 1.82) is 0 Å². The van der Waals surface area contributed by atoms with Crippen molar-refractivity contribution >= 4 is 32.3 Å². The van der Waals surface area contributed by atoms with Crippen LogP contribution in [0.3, 0.4) is 0 Å². The molecular formula is C46H32. The summed E-state index contributed by atoms with van der Waals surface area (Å²) < 4.78 is 0. The Kier molecular flexibility index (Phi) is 5.63. The zero-order valence-electron chi connectivity index (χ0n) is 25.6. The van der Waals surface area contributed by atoms with E-state index in [1.165, 1.54) is 102 Å². The SMILES string of the molecule is c1ccc(-c2cc(-c3c4ccccc4c(-c4ccc5c(c4)-c4cccc6c4C5CCC6)c4ccccc34)c3ccccc3c2)cc1. The van der Waals surface area contributed by atoms with Gasteiger partial charge in [0.05, 0.1) is 0 Å². The molecule has 10 rings (SSSR count). The van der Waals surface area contributed by atoms with Gasteiger partial charge in [-0.15, -0.1) is 0 Å². The first-order chi connectivity index (χ1) is 22.8. The molecule has 216 valence electrons. The van der Waals surface area contributed by atoms with Crippen molar-refractivity contribution in [2.75, 3.05) is 0 Å². The summed E-state index contributed by atoms with van der Waals surface area (Å²) in [5.41, 5.74) is 15.3. The Hall–Kier alpha value is -5.46. The van der Waals surface area contributed by atoms with E-state index in [4.69, 9.17) is 0 Å². The molecule has 0 heterocycles. The molecule has 0 saturated carbocycles. The molecule has 0 bridgehead atoms. The van der Waals surface area contributed by atoms with Crippen molar-refractivity contribution in [3.05, 3.63) is 168 Å². The minimum atomic E-state index is 0.546. The first kappa shape index (κ1) is 25.8. The Morgan fingerprint density at radius 1 is 0.413 bits per heavy atom. The highest BCUT2D eigenvalue weighted by molar-refractivity contribution is 6.24. The molecule has 0 fully saturated rings. The van der Waals surface area contributed by atoms with Crippen LogP contribution in [0, 0.1) is 0 Å². The second kappa shape index (κ2) is 10.0. The lowest BCUT2D eigenvalue weighted by molar-refractivity contribution is 0.627. The Bertz CT molecular complexity index is 2440. The van der Waals surface area contributed by atoms with Crippen molar-refractivity contribution in [3.63, 3.8) is 0 Å². The molecular weight excluding hydrogens is 553 g/mol. The third-order valence-corrected chi connectivity index (χ3v) is 10.7. The van der Waals surface area contributed by atoms with Gasteiger partial charge in [0.25, 0.3) is 0 Å². The molecule has 0 heteroatoms. The third-order valence-electron chi connectivity index (χ3n) is 10.7. The maximum absolute atomic E-state index is 2.50. The van der Waals surface area contributed by atoms with Gasteiger partial charge in [-0.25, -0.2) is 0 Å². The largest absolute Gasteiger partial charge is 0.0622 e. The van der Waals surface area contributed by atoms with Crippen LogP contribution in [0.2, 0.25) is 0 Å². The van der Waals surface area contributed by atoms with Gasteiger partial charge in [-0.3, -0.25) is 0 Å². The highest BCUT2D eigenvalue weighted by Gasteiger charge is 2.33. The van der Waals surface area contributed by atoms with Crippen molar-refractivity contribution in [1.82, 2.24) is 0 Å². The molecule has 2 aliphatic carbocycles. The van der Waals surface area contributed by atoms with E-state index in [0.29, 0.717) is 5.92 Å². The van der Waals surface area contributed by atoms with E-state index in [1.54, 1.807) is 11.1 Å². The van der Waals surface area contributed by atoms with Crippen LogP contribution in [0.15, 0.2) is 152 Å². The van der Waals surface area contributed by atoms with Gasteiger partial charge in [-0.1, -0.05) is 133 Å². The fourth-order valence-corrected chi connectivity index (χ4v) is 8.72. The zero-order valence-corrected chi connectivity index (χ0v) is 25.6. The molecule has 0 amide bonds. The average Bonchev–Trinajstić information content (AvgIpc) is 3.45. The third kappa shape index (κ3) is 3.74. The Balaban J connectivity index is 1.28. The summed E-state index contributed by atoms with van der Waals surface area (Å²) in [6.07, 6.45) is 3.74. The Morgan fingerprint density at radius 3 is 1.83 bits per heavy atom. The van der Waals surface area contributed by atoms with Crippen molar-refractivity contribution < 1.29 is 0 Å². The molecule has 0 saturated heterocycles. The zero-order chi connectivity index (χ0) is 30.2. The molecule has 46 heavy (non-hydrogen) atoms. The quantitative estimate of drug-likeness (QED) is 0.181. The van der Waals surface area contributed by atoms with Crippen LogP contribution in [-0.4, -0.2) is 0 Å². The highest BCUT2D eigenvalue weighted by atomic mass is 14.4. The standard InChI is InChI=1S/C46H32/c1-2-12-29(13-3-1)33-26-31-14-4-5-17-34(31)43(28-33)46-39-20-8-6-18-37(39)45(38-19-7-9-21-40(38)46)32-24-25-35-36-22-10-15-30-16-11-23-41(44(30)36)42(35)27-32/h1-9,11-14,16-21,23-28,36H,10,15,22H2. The summed E-state index contributed by atoms with van der Waals surface area (Å²) in [6, 6.07) is 56.9. The second-order valence-electron chi connectivity index (χ2n) is 13.1. The number of benzene rings is 8. The Morgan fingerprint density at radius 2 is 1.07 bits per heavy atom. The van der Waals surface area contributed by atoms with Crippen molar-refractivity contribution in [3.8, 4) is 44.5 Å². The van der Waals surface area contributed by atoms with Crippen LogP contribution in [-0.2, 0) is 6.42 Å². The van der Waals surface area contributed by atoms with Crippen LogP contribution in [0.4, 0.5) is 0 Å². The number of fused-ring (bicyclic) bond motifs is 6. The number of hydrogen-bond acceptors (Lipinski definition) is 0. The maximum Gasteiger partial charge on any atom is 0.0104 e. The number of aryl methyl sites for hydroxylation is 1. The monoisotopic (exact) mass is 584 g/mol. The molecule has 0 nitrogen and oxygen atoms in total. The minimum Gasteiger partial charge on any atom is -0.0622 e. The molecule has 8 aromatic rings. The lowest BCUT2D eigenvalue weighted by Gasteiger charge is -2.22. The lowest BCUT2D eigenvalue weighted by atomic mass is 9.82. The van der Waals surface area contributed by atoms with E-state index >= 15 is 0 Å². The van der Waals surface area contributed by atoms with Crippen LogP contribution in [0.5, 0.6) is 0 Å². The summed E-state index contributed by atoms with van der Waals surface area (Å²) in [7, 11) is 0. The summed E-state index contributed by atoms with van der Waals surface area (Å²) in [5.74, 6) is 0.546. The second-order valence-corrected chi connectivity index (χ2v) is 13.1. The van der Waals surface area contributed by atoms with Crippen molar-refractivity contribution in [2.45, 2.75) is 25.2 Å². The van der Waals surface area contributed by atoms with Gasteiger partial charge < -0.3 is 0 Å². The fourth-order valence-electron chi connectivity index (χ4n) is 8.72. The van der Waals surface area contributed by atoms with E-state index in [0.717, 1.165) is 0 Å². The molecule has 8 aromatic carbocycles. The van der Waals surface area contributed by atoms with E-state index in [1.807, 2.05) is 0 Å². The molecule has 0 N–H and O–H groups in total. The molecule has 2 aliphatic rings. The predicted molar refractivity (Wildman–Crippen MR) is 195 cm³/mol.